The summed E-state index contributed by atoms with van der Waals surface area (Å²) in [6.45, 7) is 3.73. The van der Waals surface area contributed by atoms with Crippen LogP contribution in [0.5, 0.6) is 11.5 Å². The molecule has 0 amide bonds. The van der Waals surface area contributed by atoms with E-state index in [0.29, 0.717) is 47.6 Å². The van der Waals surface area contributed by atoms with Gasteiger partial charge in [0.25, 0.3) is 0 Å². The average Bonchev–Trinajstić information content (AvgIpc) is 2.72. The van der Waals surface area contributed by atoms with E-state index in [1.165, 1.54) is 6.07 Å². The third-order valence-electron chi connectivity index (χ3n) is 4.98. The number of nitrogens with two attached hydrogens (primary N) is 1. The molecular weight excluding hydrogens is 429 g/mol. The predicted octanol–water partition coefficient (Wildman–Crippen LogP) is 6.20. The van der Waals surface area contributed by atoms with E-state index in [4.69, 9.17) is 22.1 Å². The number of halogens is 4. The number of nitrogens with zero attached hydrogens (tertiary/aromatic N) is 1. The maximum atomic E-state index is 13.3. The molecule has 168 valence electrons. The van der Waals surface area contributed by atoms with Gasteiger partial charge in [-0.05, 0) is 42.2 Å². The molecule has 0 aliphatic rings. The highest BCUT2D eigenvalue weighted by atomic mass is 35.5. The molecule has 0 fully saturated rings. The van der Waals surface area contributed by atoms with Crippen LogP contribution in [-0.2, 0) is 12.8 Å². The van der Waals surface area contributed by atoms with Crippen molar-refractivity contribution >= 4 is 11.6 Å². The second-order valence-corrected chi connectivity index (χ2v) is 7.78. The van der Waals surface area contributed by atoms with Gasteiger partial charge in [-0.1, -0.05) is 50.4 Å². The number of hydrogen-bond acceptors (Lipinski definition) is 4. The lowest BCUT2D eigenvalue weighted by molar-refractivity contribution is -0.149. The maximum Gasteiger partial charge on any atom is 0.407 e. The molecular formula is C23H26ClF3N2O2. The SMILES string of the molecule is CCCc1cc(C(N)C(F)(F)F)c(O)c(CCC)c1OCC(C#N)c1ccc(Cl)cc1. The average molecular weight is 455 g/mol. The Hall–Kier alpha value is -2.43. The summed E-state index contributed by atoms with van der Waals surface area (Å²) in [5.74, 6) is -0.782. The Bertz CT molecular complexity index is 924. The van der Waals surface area contributed by atoms with Crippen LogP contribution in [0.3, 0.4) is 0 Å². The lowest BCUT2D eigenvalue weighted by Gasteiger charge is -2.24. The van der Waals surface area contributed by atoms with Crippen molar-refractivity contribution in [3.05, 3.63) is 57.6 Å². The summed E-state index contributed by atoms with van der Waals surface area (Å²) in [6.07, 6.45) is -2.69. The van der Waals surface area contributed by atoms with Gasteiger partial charge in [-0.25, -0.2) is 0 Å². The Kier molecular flexibility index (Phi) is 8.60. The van der Waals surface area contributed by atoms with E-state index in [2.05, 4.69) is 6.07 Å². The molecule has 2 rings (SSSR count). The number of aromatic hydroxyl groups is 1. The molecule has 0 bridgehead atoms. The molecule has 0 aliphatic carbocycles. The monoisotopic (exact) mass is 454 g/mol. The fourth-order valence-electron chi connectivity index (χ4n) is 3.40. The fraction of sp³-hybridized carbons (Fsp3) is 0.435. The molecule has 8 heteroatoms. The van der Waals surface area contributed by atoms with E-state index >= 15 is 0 Å². The van der Waals surface area contributed by atoms with Crippen molar-refractivity contribution in [2.24, 2.45) is 5.73 Å². The van der Waals surface area contributed by atoms with Gasteiger partial charge < -0.3 is 15.6 Å². The van der Waals surface area contributed by atoms with Crippen molar-refractivity contribution in [2.45, 2.75) is 57.7 Å². The van der Waals surface area contributed by atoms with Crippen LogP contribution in [0.4, 0.5) is 13.2 Å². The zero-order valence-electron chi connectivity index (χ0n) is 17.5. The molecule has 2 aromatic carbocycles. The maximum absolute atomic E-state index is 13.3. The molecule has 0 saturated heterocycles. The van der Waals surface area contributed by atoms with Crippen LogP contribution >= 0.6 is 11.6 Å². The molecule has 2 atom stereocenters. The number of alkyl halides is 3. The Labute approximate surface area is 185 Å². The molecule has 0 radical (unpaired) electrons. The largest absolute Gasteiger partial charge is 0.507 e. The Balaban J connectivity index is 2.48. The number of aryl methyl sites for hydroxylation is 1. The normalized spacial score (nSPS) is 13.5. The summed E-state index contributed by atoms with van der Waals surface area (Å²) in [4.78, 5) is 0. The summed E-state index contributed by atoms with van der Waals surface area (Å²) < 4.78 is 45.7. The molecule has 3 N–H and O–H groups in total. The van der Waals surface area contributed by atoms with Crippen LogP contribution in [0, 0.1) is 11.3 Å². The van der Waals surface area contributed by atoms with Gasteiger partial charge in [0.1, 0.15) is 30.1 Å². The van der Waals surface area contributed by atoms with Gasteiger partial charge in [0.2, 0.25) is 0 Å². The summed E-state index contributed by atoms with van der Waals surface area (Å²) in [6, 6.07) is 7.94. The lowest BCUT2D eigenvalue weighted by atomic mass is 9.93. The Morgan fingerprint density at radius 2 is 1.77 bits per heavy atom. The van der Waals surface area contributed by atoms with Crippen LogP contribution in [0.25, 0.3) is 0 Å². The van der Waals surface area contributed by atoms with Gasteiger partial charge >= 0.3 is 6.18 Å². The third-order valence-corrected chi connectivity index (χ3v) is 5.24. The molecule has 0 heterocycles. The summed E-state index contributed by atoms with van der Waals surface area (Å²) >= 11 is 5.90. The quantitative estimate of drug-likeness (QED) is 0.472. The number of phenols is 1. The highest BCUT2D eigenvalue weighted by molar-refractivity contribution is 6.30. The molecule has 0 aliphatic heterocycles. The standard InChI is InChI=1S/C23H26ClF3N2O2/c1-3-5-15-11-19(22(29)23(25,26)27)20(30)18(6-4-2)21(15)31-13-16(12-28)14-7-9-17(24)10-8-14/h7-11,16,22,30H,3-6,13,29H2,1-2H3. The topological polar surface area (TPSA) is 79.3 Å². The third kappa shape index (κ3) is 6.05. The minimum Gasteiger partial charge on any atom is -0.507 e. The van der Waals surface area contributed by atoms with E-state index in [1.807, 2.05) is 13.8 Å². The second-order valence-electron chi connectivity index (χ2n) is 7.34. The minimum atomic E-state index is -4.69. The van der Waals surface area contributed by atoms with Gasteiger partial charge in [0.05, 0.1) is 6.07 Å². The number of hydrogen-bond donors (Lipinski definition) is 2. The van der Waals surface area contributed by atoms with Gasteiger partial charge in [0.15, 0.2) is 0 Å². The number of rotatable bonds is 9. The van der Waals surface area contributed by atoms with Crippen LogP contribution in [0.1, 0.15) is 60.9 Å². The Morgan fingerprint density at radius 3 is 2.29 bits per heavy atom. The van der Waals surface area contributed by atoms with E-state index in [9.17, 15) is 23.5 Å². The van der Waals surface area contributed by atoms with E-state index in [-0.39, 0.29) is 17.7 Å². The van der Waals surface area contributed by atoms with E-state index in [1.54, 1.807) is 24.3 Å². The summed E-state index contributed by atoms with van der Waals surface area (Å²) in [7, 11) is 0. The van der Waals surface area contributed by atoms with Crippen LogP contribution in [0.2, 0.25) is 5.02 Å². The number of phenolic OH excluding ortho intramolecular Hbond substituents is 1. The summed E-state index contributed by atoms with van der Waals surface area (Å²) in [5, 5.41) is 20.8. The van der Waals surface area contributed by atoms with Gasteiger partial charge in [-0.3, -0.25) is 0 Å². The zero-order valence-corrected chi connectivity index (χ0v) is 18.2. The van der Waals surface area contributed by atoms with E-state index in [0.717, 1.165) is 0 Å². The summed E-state index contributed by atoms with van der Waals surface area (Å²) in [5.41, 5.74) is 6.58. The van der Waals surface area contributed by atoms with Crippen molar-refractivity contribution in [1.29, 1.82) is 5.26 Å². The smallest absolute Gasteiger partial charge is 0.407 e. The molecule has 4 nitrogen and oxygen atoms in total. The predicted molar refractivity (Wildman–Crippen MR) is 114 cm³/mol. The van der Waals surface area contributed by atoms with Crippen molar-refractivity contribution in [1.82, 2.24) is 0 Å². The number of nitriles is 1. The number of ether oxygens (including phenoxy) is 1. The molecule has 0 spiro atoms. The van der Waals surface area contributed by atoms with Crippen molar-refractivity contribution in [2.75, 3.05) is 6.61 Å². The van der Waals surface area contributed by atoms with E-state index < -0.39 is 23.9 Å². The molecule has 0 aromatic heterocycles. The Morgan fingerprint density at radius 1 is 1.16 bits per heavy atom. The van der Waals surface area contributed by atoms with Crippen LogP contribution in [0.15, 0.2) is 30.3 Å². The first-order chi connectivity index (χ1) is 14.6. The number of benzene rings is 2. The van der Waals surface area contributed by atoms with Gasteiger partial charge in [-0.15, -0.1) is 0 Å². The zero-order chi connectivity index (χ0) is 23.2. The fourth-order valence-corrected chi connectivity index (χ4v) is 3.52. The minimum absolute atomic E-state index is 0.0182. The van der Waals surface area contributed by atoms with Gasteiger partial charge in [-0.2, -0.15) is 18.4 Å². The van der Waals surface area contributed by atoms with Crippen molar-refractivity contribution in [3.8, 4) is 17.6 Å². The van der Waals surface area contributed by atoms with Crippen LogP contribution in [-0.4, -0.2) is 17.9 Å². The first kappa shape index (κ1) is 24.8. The van der Waals surface area contributed by atoms with Crippen molar-refractivity contribution < 1.29 is 23.0 Å². The molecule has 31 heavy (non-hydrogen) atoms. The first-order valence-corrected chi connectivity index (χ1v) is 10.5. The molecule has 0 saturated carbocycles. The first-order valence-electron chi connectivity index (χ1n) is 10.1. The lowest BCUT2D eigenvalue weighted by Crippen LogP contribution is -2.29. The molecule has 2 unspecified atom stereocenters. The highest BCUT2D eigenvalue weighted by Gasteiger charge is 2.40. The van der Waals surface area contributed by atoms with Crippen molar-refractivity contribution in [3.63, 3.8) is 0 Å². The second kappa shape index (κ2) is 10.7. The molecule has 2 aromatic rings. The van der Waals surface area contributed by atoms with Gasteiger partial charge in [0, 0.05) is 16.1 Å². The van der Waals surface area contributed by atoms with Crippen LogP contribution < -0.4 is 10.5 Å². The highest BCUT2D eigenvalue weighted by Crippen LogP contribution is 2.43.